The van der Waals surface area contributed by atoms with Gasteiger partial charge >= 0.3 is 0 Å². The van der Waals surface area contributed by atoms with Crippen LogP contribution >= 0.6 is 11.6 Å². The predicted octanol–water partition coefficient (Wildman–Crippen LogP) is 3.66. The van der Waals surface area contributed by atoms with Crippen LogP contribution in [0.25, 0.3) is 0 Å². The van der Waals surface area contributed by atoms with Gasteiger partial charge in [0.1, 0.15) is 0 Å². The van der Waals surface area contributed by atoms with Gasteiger partial charge in [-0.2, -0.15) is 0 Å². The van der Waals surface area contributed by atoms with Crippen molar-refractivity contribution in [3.63, 3.8) is 0 Å². The SMILES string of the molecule is Clc1ccccc1CN1CCc2nc(C3=NCCCC3)ncc2C1. The molecule has 0 spiro atoms. The largest absolute Gasteiger partial charge is 0.294 e. The summed E-state index contributed by atoms with van der Waals surface area (Å²) in [6, 6.07) is 8.06. The molecule has 2 aliphatic heterocycles. The molecule has 0 N–H and O–H groups in total. The highest BCUT2D eigenvalue weighted by Gasteiger charge is 2.20. The first kappa shape index (κ1) is 15.7. The van der Waals surface area contributed by atoms with E-state index in [1.807, 2.05) is 24.4 Å². The Kier molecular flexibility index (Phi) is 4.58. The number of aliphatic imine (C=N–C) groups is 1. The van der Waals surface area contributed by atoms with Gasteiger partial charge in [0.2, 0.25) is 0 Å². The average Bonchev–Trinajstić information content (AvgIpc) is 2.64. The van der Waals surface area contributed by atoms with Crippen LogP contribution in [0.1, 0.15) is 41.9 Å². The van der Waals surface area contributed by atoms with Crippen LogP contribution in [0.3, 0.4) is 0 Å². The van der Waals surface area contributed by atoms with E-state index in [0.29, 0.717) is 0 Å². The van der Waals surface area contributed by atoms with Gasteiger partial charge in [0.15, 0.2) is 5.82 Å². The van der Waals surface area contributed by atoms with Crippen LogP contribution in [0.15, 0.2) is 35.5 Å². The van der Waals surface area contributed by atoms with Gasteiger partial charge in [-0.1, -0.05) is 29.8 Å². The van der Waals surface area contributed by atoms with Gasteiger partial charge in [0, 0.05) is 49.4 Å². The van der Waals surface area contributed by atoms with Crippen LogP contribution in [0.5, 0.6) is 0 Å². The average molecular weight is 341 g/mol. The zero-order valence-electron chi connectivity index (χ0n) is 13.7. The second kappa shape index (κ2) is 6.99. The van der Waals surface area contributed by atoms with E-state index in [1.165, 1.54) is 29.7 Å². The van der Waals surface area contributed by atoms with Crippen LogP contribution in [-0.2, 0) is 19.5 Å². The van der Waals surface area contributed by atoms with Crippen LogP contribution < -0.4 is 0 Å². The molecule has 24 heavy (non-hydrogen) atoms. The molecule has 2 aliphatic rings. The fraction of sp³-hybridized carbons (Fsp3) is 0.421. The molecule has 4 rings (SSSR count). The number of hydrogen-bond donors (Lipinski definition) is 0. The second-order valence-electron chi connectivity index (χ2n) is 6.50. The van der Waals surface area contributed by atoms with Crippen molar-refractivity contribution in [2.24, 2.45) is 4.99 Å². The molecule has 0 aliphatic carbocycles. The molecular weight excluding hydrogens is 320 g/mol. The third kappa shape index (κ3) is 3.35. The van der Waals surface area contributed by atoms with Crippen molar-refractivity contribution in [3.8, 4) is 0 Å². The summed E-state index contributed by atoms with van der Waals surface area (Å²) in [5.74, 6) is 0.841. The van der Waals surface area contributed by atoms with Gasteiger partial charge in [0.05, 0.1) is 11.4 Å². The van der Waals surface area contributed by atoms with Crippen LogP contribution in [-0.4, -0.2) is 33.7 Å². The summed E-state index contributed by atoms with van der Waals surface area (Å²) < 4.78 is 0. The third-order valence-corrected chi connectivity index (χ3v) is 5.12. The van der Waals surface area contributed by atoms with E-state index in [0.717, 1.165) is 55.6 Å². The summed E-state index contributed by atoms with van der Waals surface area (Å²) in [7, 11) is 0. The van der Waals surface area contributed by atoms with Gasteiger partial charge in [-0.3, -0.25) is 9.89 Å². The molecule has 0 atom stereocenters. The summed E-state index contributed by atoms with van der Waals surface area (Å²) in [4.78, 5) is 16.4. The Morgan fingerprint density at radius 2 is 2.04 bits per heavy atom. The molecule has 0 fully saturated rings. The molecule has 0 radical (unpaired) electrons. The third-order valence-electron chi connectivity index (χ3n) is 4.75. The first-order valence-corrected chi connectivity index (χ1v) is 9.01. The van der Waals surface area contributed by atoms with Crippen LogP contribution in [0.2, 0.25) is 5.02 Å². The van der Waals surface area contributed by atoms with Crippen LogP contribution in [0, 0.1) is 0 Å². The lowest BCUT2D eigenvalue weighted by Gasteiger charge is -2.28. The Bertz CT molecular complexity index is 772. The van der Waals surface area contributed by atoms with Crippen molar-refractivity contribution in [1.82, 2.24) is 14.9 Å². The molecule has 0 bridgehead atoms. The van der Waals surface area contributed by atoms with Crippen molar-refractivity contribution in [1.29, 1.82) is 0 Å². The number of benzene rings is 1. The maximum atomic E-state index is 6.29. The number of fused-ring (bicyclic) bond motifs is 1. The number of rotatable bonds is 3. The Balaban J connectivity index is 1.49. The van der Waals surface area contributed by atoms with Gasteiger partial charge < -0.3 is 0 Å². The van der Waals surface area contributed by atoms with Gasteiger partial charge in [-0.15, -0.1) is 0 Å². The molecule has 124 valence electrons. The quantitative estimate of drug-likeness (QED) is 0.856. The molecule has 0 amide bonds. The standard InChI is InChI=1S/C19H21ClN4/c20-16-6-2-1-5-14(16)12-24-10-8-17-15(13-24)11-22-19(23-17)18-7-3-4-9-21-18/h1-2,5-6,11H,3-4,7-10,12-13H2. The molecule has 0 saturated carbocycles. The van der Waals surface area contributed by atoms with Crippen molar-refractivity contribution in [2.45, 2.75) is 38.8 Å². The lowest BCUT2D eigenvalue weighted by Crippen LogP contribution is -2.31. The van der Waals surface area contributed by atoms with Crippen LogP contribution in [0.4, 0.5) is 0 Å². The highest BCUT2D eigenvalue weighted by atomic mass is 35.5. The summed E-state index contributed by atoms with van der Waals surface area (Å²) in [6.07, 6.45) is 6.35. The molecule has 0 unspecified atom stereocenters. The Labute approximate surface area is 147 Å². The van der Waals surface area contributed by atoms with E-state index < -0.39 is 0 Å². The lowest BCUT2D eigenvalue weighted by molar-refractivity contribution is 0.243. The van der Waals surface area contributed by atoms with Gasteiger partial charge in [0.25, 0.3) is 0 Å². The number of halogens is 1. The van der Waals surface area contributed by atoms with E-state index >= 15 is 0 Å². The first-order valence-electron chi connectivity index (χ1n) is 8.64. The van der Waals surface area contributed by atoms with E-state index in [2.05, 4.69) is 20.9 Å². The molecule has 4 nitrogen and oxygen atoms in total. The summed E-state index contributed by atoms with van der Waals surface area (Å²) in [5, 5.41) is 0.838. The Hall–Kier alpha value is -1.78. The van der Waals surface area contributed by atoms with Crippen molar-refractivity contribution in [3.05, 3.63) is 58.1 Å². The molecule has 0 saturated heterocycles. The summed E-state index contributed by atoms with van der Waals surface area (Å²) in [6.45, 7) is 3.67. The fourth-order valence-electron chi connectivity index (χ4n) is 3.40. The van der Waals surface area contributed by atoms with Crippen molar-refractivity contribution >= 4 is 17.3 Å². The minimum atomic E-state index is 0.838. The number of nitrogens with zero attached hydrogens (tertiary/aromatic N) is 4. The number of hydrogen-bond acceptors (Lipinski definition) is 4. The molecule has 3 heterocycles. The van der Waals surface area contributed by atoms with E-state index in [4.69, 9.17) is 16.6 Å². The topological polar surface area (TPSA) is 41.4 Å². The number of aromatic nitrogens is 2. The predicted molar refractivity (Wildman–Crippen MR) is 96.6 cm³/mol. The highest BCUT2D eigenvalue weighted by Crippen LogP contribution is 2.22. The highest BCUT2D eigenvalue weighted by molar-refractivity contribution is 6.31. The summed E-state index contributed by atoms with van der Waals surface area (Å²) in [5.41, 5.74) is 4.68. The lowest BCUT2D eigenvalue weighted by atomic mass is 10.0. The maximum absolute atomic E-state index is 6.29. The normalized spacial score (nSPS) is 18.1. The monoisotopic (exact) mass is 340 g/mol. The Morgan fingerprint density at radius 1 is 1.12 bits per heavy atom. The van der Waals surface area contributed by atoms with E-state index in [1.54, 1.807) is 0 Å². The smallest absolute Gasteiger partial charge is 0.173 e. The van der Waals surface area contributed by atoms with Crippen molar-refractivity contribution < 1.29 is 0 Å². The maximum Gasteiger partial charge on any atom is 0.173 e. The minimum Gasteiger partial charge on any atom is -0.294 e. The zero-order chi connectivity index (χ0) is 16.4. The van der Waals surface area contributed by atoms with Gasteiger partial charge in [-0.25, -0.2) is 9.97 Å². The molecule has 1 aromatic carbocycles. The van der Waals surface area contributed by atoms with Gasteiger partial charge in [-0.05, 0) is 30.9 Å². The molecular formula is C19H21ClN4. The van der Waals surface area contributed by atoms with E-state index in [-0.39, 0.29) is 0 Å². The molecule has 5 heteroatoms. The second-order valence-corrected chi connectivity index (χ2v) is 6.91. The minimum absolute atomic E-state index is 0.838. The van der Waals surface area contributed by atoms with Crippen molar-refractivity contribution in [2.75, 3.05) is 13.1 Å². The van der Waals surface area contributed by atoms with E-state index in [9.17, 15) is 0 Å². The summed E-state index contributed by atoms with van der Waals surface area (Å²) >= 11 is 6.29. The first-order chi connectivity index (χ1) is 11.8. The zero-order valence-corrected chi connectivity index (χ0v) is 14.5. The molecule has 2 aromatic rings. The Morgan fingerprint density at radius 3 is 2.88 bits per heavy atom. The molecule has 1 aromatic heterocycles. The fourth-order valence-corrected chi connectivity index (χ4v) is 3.59.